The molecule has 0 aliphatic rings. The molecule has 0 unspecified atom stereocenters. The van der Waals surface area contributed by atoms with Crippen molar-refractivity contribution in [1.82, 2.24) is 0 Å². The number of halogens is 1. The maximum atomic E-state index is 12.7. The third-order valence-electron chi connectivity index (χ3n) is 5.60. The Hall–Kier alpha value is -3.31. The van der Waals surface area contributed by atoms with Crippen LogP contribution in [0.25, 0.3) is 27.7 Å². The Balaban J connectivity index is 1.69. The summed E-state index contributed by atoms with van der Waals surface area (Å²) in [4.78, 5) is 12.7. The normalized spacial score (nSPS) is 11.6. The number of ether oxygens (including phenoxy) is 1. The van der Waals surface area contributed by atoms with E-state index in [1.54, 1.807) is 19.4 Å². The number of allylic oxidation sites excluding steroid dienone is 1. The quantitative estimate of drug-likeness (QED) is 0.294. The van der Waals surface area contributed by atoms with Gasteiger partial charge < -0.3 is 14.5 Å². The van der Waals surface area contributed by atoms with Gasteiger partial charge >= 0.3 is 0 Å². The van der Waals surface area contributed by atoms with Crippen LogP contribution >= 0.6 is 15.9 Å². The predicted molar refractivity (Wildman–Crippen MR) is 134 cm³/mol. The molecular weight excluding hydrogens is 466 g/mol. The van der Waals surface area contributed by atoms with Crippen LogP contribution in [-0.2, 0) is 4.79 Å². The highest BCUT2D eigenvalue weighted by Crippen LogP contribution is 2.37. The molecule has 0 fully saturated rings. The number of carbonyl (C=O) groups is 1. The van der Waals surface area contributed by atoms with Crippen LogP contribution in [0, 0.1) is 13.8 Å². The lowest BCUT2D eigenvalue weighted by Gasteiger charge is -2.11. The second-order valence-corrected chi connectivity index (χ2v) is 8.74. The van der Waals surface area contributed by atoms with E-state index in [1.807, 2.05) is 75.4 Å². The van der Waals surface area contributed by atoms with Gasteiger partial charge in [0.15, 0.2) is 0 Å². The van der Waals surface area contributed by atoms with Gasteiger partial charge in [-0.3, -0.25) is 4.79 Å². The molecule has 4 nitrogen and oxygen atoms in total. The van der Waals surface area contributed by atoms with Gasteiger partial charge in [-0.25, -0.2) is 0 Å². The molecule has 0 saturated heterocycles. The molecule has 0 saturated carbocycles. The van der Waals surface area contributed by atoms with Crippen LogP contribution in [0.15, 0.2) is 75.8 Å². The fraction of sp³-hybridized carbons (Fsp3) is 0.148. The summed E-state index contributed by atoms with van der Waals surface area (Å²) >= 11 is 3.48. The Morgan fingerprint density at radius 3 is 2.47 bits per heavy atom. The number of carbonyl (C=O) groups excluding carboxylic acids is 1. The number of fused-ring (bicyclic) bond motifs is 1. The van der Waals surface area contributed by atoms with Gasteiger partial charge in [-0.1, -0.05) is 34.1 Å². The molecule has 0 radical (unpaired) electrons. The topological polar surface area (TPSA) is 51.5 Å². The third kappa shape index (κ3) is 4.48. The first kappa shape index (κ1) is 21.9. The highest BCUT2D eigenvalue weighted by Gasteiger charge is 2.15. The van der Waals surface area contributed by atoms with Crippen LogP contribution in [0.3, 0.4) is 0 Å². The number of anilines is 1. The molecule has 1 aromatic heterocycles. The minimum absolute atomic E-state index is 0.187. The van der Waals surface area contributed by atoms with Crippen LogP contribution in [0.4, 0.5) is 5.69 Å². The van der Waals surface area contributed by atoms with Crippen LogP contribution in [0.5, 0.6) is 5.75 Å². The first-order valence-electron chi connectivity index (χ1n) is 10.3. The van der Waals surface area contributed by atoms with Crippen molar-refractivity contribution in [3.8, 4) is 16.9 Å². The lowest BCUT2D eigenvalue weighted by Crippen LogP contribution is -2.09. The number of aryl methyl sites for hydroxylation is 2. The number of hydrogen-bond acceptors (Lipinski definition) is 3. The van der Waals surface area contributed by atoms with E-state index in [0.717, 1.165) is 49.0 Å². The van der Waals surface area contributed by atoms with Gasteiger partial charge in [0.1, 0.15) is 11.3 Å². The lowest BCUT2D eigenvalue weighted by atomic mass is 9.99. The zero-order valence-corrected chi connectivity index (χ0v) is 20.0. The molecule has 5 heteroatoms. The maximum absolute atomic E-state index is 12.7. The summed E-state index contributed by atoms with van der Waals surface area (Å²) in [7, 11) is 1.62. The van der Waals surface area contributed by atoms with Gasteiger partial charge in [0.2, 0.25) is 5.91 Å². The Kier molecular flexibility index (Phi) is 6.19. The van der Waals surface area contributed by atoms with Gasteiger partial charge in [-0.05, 0) is 73.4 Å². The van der Waals surface area contributed by atoms with E-state index in [4.69, 9.17) is 9.15 Å². The Morgan fingerprint density at radius 1 is 1.03 bits per heavy atom. The van der Waals surface area contributed by atoms with E-state index in [9.17, 15) is 4.79 Å². The van der Waals surface area contributed by atoms with Crippen molar-refractivity contribution < 1.29 is 13.9 Å². The largest absolute Gasteiger partial charge is 0.496 e. The van der Waals surface area contributed by atoms with Gasteiger partial charge in [-0.2, -0.15) is 0 Å². The predicted octanol–water partition coefficient (Wildman–Crippen LogP) is 7.53. The second kappa shape index (κ2) is 9.05. The highest BCUT2D eigenvalue weighted by atomic mass is 79.9. The first-order valence-corrected chi connectivity index (χ1v) is 11.1. The molecule has 1 N–H and O–H groups in total. The number of amides is 1. The van der Waals surface area contributed by atoms with Crippen molar-refractivity contribution >= 4 is 44.1 Å². The molecule has 0 bridgehead atoms. The zero-order valence-electron chi connectivity index (χ0n) is 18.5. The van der Waals surface area contributed by atoms with E-state index in [0.29, 0.717) is 5.75 Å². The number of nitrogens with one attached hydrogen (secondary N) is 1. The molecule has 4 rings (SSSR count). The minimum Gasteiger partial charge on any atom is -0.496 e. The van der Waals surface area contributed by atoms with Crippen molar-refractivity contribution in [2.24, 2.45) is 0 Å². The molecule has 162 valence electrons. The lowest BCUT2D eigenvalue weighted by molar-refractivity contribution is -0.111. The molecule has 1 amide bonds. The van der Waals surface area contributed by atoms with E-state index < -0.39 is 0 Å². The van der Waals surface area contributed by atoms with Crippen LogP contribution in [-0.4, -0.2) is 13.0 Å². The summed E-state index contributed by atoms with van der Waals surface area (Å²) in [6.45, 7) is 5.98. The van der Waals surface area contributed by atoms with Crippen molar-refractivity contribution in [3.05, 3.63) is 88.1 Å². The maximum Gasteiger partial charge on any atom is 0.248 e. The smallest absolute Gasteiger partial charge is 0.248 e. The minimum atomic E-state index is -0.187. The molecule has 1 heterocycles. The molecule has 0 spiro atoms. The Morgan fingerprint density at radius 2 is 1.78 bits per heavy atom. The number of hydrogen-bond donors (Lipinski definition) is 1. The average molecular weight is 490 g/mol. The fourth-order valence-corrected chi connectivity index (χ4v) is 3.92. The van der Waals surface area contributed by atoms with Gasteiger partial charge in [0.05, 0.1) is 13.4 Å². The summed E-state index contributed by atoms with van der Waals surface area (Å²) in [5.41, 5.74) is 7.52. The van der Waals surface area contributed by atoms with E-state index in [1.165, 1.54) is 5.56 Å². The van der Waals surface area contributed by atoms with Gasteiger partial charge in [0, 0.05) is 38.8 Å². The molecule has 0 aliphatic heterocycles. The summed E-state index contributed by atoms with van der Waals surface area (Å²) in [5.74, 6) is 0.468. The summed E-state index contributed by atoms with van der Waals surface area (Å²) in [6.07, 6.45) is 3.35. The zero-order chi connectivity index (χ0) is 22.8. The standard InChI is InChI=1S/C27H24BrNO3/c1-16-5-10-21(11-17(16)2)29-27(30)12-18(3)22-13-23-24(19-6-8-20(28)9-7-19)15-32-26(23)14-25(22)31-4/h5-15H,1-4H3,(H,29,30)/b18-12+. The Labute approximate surface area is 196 Å². The fourth-order valence-electron chi connectivity index (χ4n) is 3.66. The van der Waals surface area contributed by atoms with Crippen molar-refractivity contribution in [3.63, 3.8) is 0 Å². The van der Waals surface area contributed by atoms with Crippen LogP contribution in [0.2, 0.25) is 0 Å². The highest BCUT2D eigenvalue weighted by molar-refractivity contribution is 9.10. The number of furan rings is 1. The summed E-state index contributed by atoms with van der Waals surface area (Å²) in [6, 6.07) is 17.8. The van der Waals surface area contributed by atoms with Gasteiger partial charge in [-0.15, -0.1) is 0 Å². The monoisotopic (exact) mass is 489 g/mol. The second-order valence-electron chi connectivity index (χ2n) is 7.82. The molecule has 32 heavy (non-hydrogen) atoms. The Bertz CT molecular complexity index is 1330. The molecule has 4 aromatic rings. The first-order chi connectivity index (χ1) is 15.4. The number of benzene rings is 3. The van der Waals surface area contributed by atoms with Gasteiger partial charge in [0.25, 0.3) is 0 Å². The molecule has 3 aromatic carbocycles. The van der Waals surface area contributed by atoms with Crippen molar-refractivity contribution in [2.75, 3.05) is 12.4 Å². The number of methoxy groups -OCH3 is 1. The average Bonchev–Trinajstić information content (AvgIpc) is 3.18. The van der Waals surface area contributed by atoms with Crippen molar-refractivity contribution in [2.45, 2.75) is 20.8 Å². The summed E-state index contributed by atoms with van der Waals surface area (Å²) < 4.78 is 12.4. The summed E-state index contributed by atoms with van der Waals surface area (Å²) in [5, 5.41) is 3.91. The third-order valence-corrected chi connectivity index (χ3v) is 6.13. The van der Waals surface area contributed by atoms with E-state index in [-0.39, 0.29) is 5.91 Å². The van der Waals surface area contributed by atoms with Crippen LogP contribution < -0.4 is 10.1 Å². The van der Waals surface area contributed by atoms with E-state index in [2.05, 4.69) is 21.2 Å². The molecule has 0 aliphatic carbocycles. The van der Waals surface area contributed by atoms with Crippen molar-refractivity contribution in [1.29, 1.82) is 0 Å². The van der Waals surface area contributed by atoms with E-state index >= 15 is 0 Å². The van der Waals surface area contributed by atoms with Crippen LogP contribution in [0.1, 0.15) is 23.6 Å². The molecular formula is C27H24BrNO3. The molecule has 0 atom stereocenters. The number of rotatable bonds is 5. The SMILES string of the molecule is COc1cc2occ(-c3ccc(Br)cc3)c2cc1/C(C)=C/C(=O)Nc1ccc(C)c(C)c1.